The number of rotatable bonds is 12. The van der Waals surface area contributed by atoms with Crippen molar-refractivity contribution in [2.45, 2.75) is 69.8 Å². The Labute approximate surface area is 186 Å². The van der Waals surface area contributed by atoms with Gasteiger partial charge < -0.3 is 45.7 Å². The molecule has 0 aliphatic rings. The predicted octanol–water partition coefficient (Wildman–Crippen LogP) is -0.496. The number of fused-ring (bicyclic) bond motifs is 1. The number of H-pyrrole nitrogens is 1. The first-order chi connectivity index (χ1) is 15.1. The zero-order chi connectivity index (χ0) is 24.0. The van der Waals surface area contributed by atoms with Gasteiger partial charge in [0.15, 0.2) is 0 Å². The van der Waals surface area contributed by atoms with Gasteiger partial charge in [0, 0.05) is 23.5 Å². The Morgan fingerprint density at radius 3 is 2.28 bits per heavy atom. The van der Waals surface area contributed by atoms with E-state index in [1.54, 1.807) is 12.1 Å². The van der Waals surface area contributed by atoms with E-state index in [1.807, 2.05) is 20.8 Å². The first-order valence-corrected chi connectivity index (χ1v) is 10.7. The number of hydrogen-bond donors (Lipinski definition) is 8. The molecular formula is C22H34N2O8. The van der Waals surface area contributed by atoms with E-state index < -0.39 is 37.1 Å². The third-order valence-corrected chi connectivity index (χ3v) is 5.34. The molecule has 0 aliphatic heterocycles. The fourth-order valence-electron chi connectivity index (χ4n) is 3.64. The number of pyridine rings is 1. The average molecular weight is 455 g/mol. The number of aliphatic hydroxyl groups is 5. The zero-order valence-corrected chi connectivity index (χ0v) is 18.5. The Balaban J connectivity index is 2.39. The van der Waals surface area contributed by atoms with E-state index in [1.165, 1.54) is 12.1 Å². The Hall–Kier alpha value is -2.05. The molecule has 6 atom stereocenters. The van der Waals surface area contributed by atoms with Crippen LogP contribution in [0.15, 0.2) is 29.1 Å². The van der Waals surface area contributed by atoms with E-state index in [0.29, 0.717) is 17.4 Å². The number of aromatic nitrogens is 1. The molecule has 0 aliphatic carbocycles. The van der Waals surface area contributed by atoms with E-state index in [2.05, 4.69) is 10.3 Å². The first-order valence-electron chi connectivity index (χ1n) is 10.7. The van der Waals surface area contributed by atoms with Crippen molar-refractivity contribution in [1.82, 2.24) is 10.3 Å². The lowest BCUT2D eigenvalue weighted by Gasteiger charge is -2.32. The van der Waals surface area contributed by atoms with Crippen LogP contribution in [-0.4, -0.2) is 85.3 Å². The van der Waals surface area contributed by atoms with Gasteiger partial charge in [-0.3, -0.25) is 4.79 Å². The third-order valence-electron chi connectivity index (χ3n) is 5.34. The van der Waals surface area contributed by atoms with Gasteiger partial charge in [-0.05, 0) is 24.1 Å². The molecule has 1 aromatic heterocycles. The average Bonchev–Trinajstić information content (AvgIpc) is 2.77. The highest BCUT2D eigenvalue weighted by molar-refractivity contribution is 5.87. The van der Waals surface area contributed by atoms with Gasteiger partial charge in [-0.2, -0.15) is 0 Å². The second-order valence-electron chi connectivity index (χ2n) is 8.17. The molecule has 10 heteroatoms. The third kappa shape index (κ3) is 6.26. The number of phenols is 1. The highest BCUT2D eigenvalue weighted by atomic mass is 16.5. The number of nitrogens with one attached hydrogen (secondary N) is 2. The molecule has 8 N–H and O–H groups in total. The van der Waals surface area contributed by atoms with E-state index in [0.717, 1.165) is 0 Å². The maximum absolute atomic E-state index is 11.8. The van der Waals surface area contributed by atoms with Crippen molar-refractivity contribution >= 4 is 10.9 Å². The van der Waals surface area contributed by atoms with Gasteiger partial charge >= 0.3 is 0 Å². The summed E-state index contributed by atoms with van der Waals surface area (Å²) in [5.41, 5.74) is 0.529. The van der Waals surface area contributed by atoms with E-state index in [4.69, 9.17) is 9.84 Å². The lowest BCUT2D eigenvalue weighted by atomic mass is 9.95. The van der Waals surface area contributed by atoms with Gasteiger partial charge in [0.1, 0.15) is 30.2 Å². The summed E-state index contributed by atoms with van der Waals surface area (Å²) in [4.78, 5) is 14.4. The Bertz CT molecular complexity index is 918. The minimum absolute atomic E-state index is 0.0957. The summed E-state index contributed by atoms with van der Waals surface area (Å²) in [6.07, 6.45) is -6.68. The molecule has 0 saturated heterocycles. The minimum atomic E-state index is -1.76. The fourth-order valence-corrected chi connectivity index (χ4v) is 3.64. The molecule has 0 saturated carbocycles. The molecule has 0 bridgehead atoms. The summed E-state index contributed by atoms with van der Waals surface area (Å²) in [7, 11) is 0. The maximum atomic E-state index is 11.8. The second-order valence-corrected chi connectivity index (χ2v) is 8.17. The number of aliphatic hydroxyl groups excluding tert-OH is 5. The Morgan fingerprint density at radius 1 is 1.03 bits per heavy atom. The van der Waals surface area contributed by atoms with Crippen LogP contribution in [0, 0.1) is 0 Å². The van der Waals surface area contributed by atoms with Crippen LogP contribution in [0.4, 0.5) is 0 Å². The van der Waals surface area contributed by atoms with Gasteiger partial charge in [-0.1, -0.05) is 26.8 Å². The molecule has 1 aromatic carbocycles. The maximum Gasteiger partial charge on any atom is 0.248 e. The van der Waals surface area contributed by atoms with Crippen LogP contribution >= 0.6 is 0 Å². The number of benzene rings is 1. The van der Waals surface area contributed by atoms with Crippen molar-refractivity contribution in [3.8, 4) is 5.75 Å². The Morgan fingerprint density at radius 2 is 1.69 bits per heavy atom. The van der Waals surface area contributed by atoms with Gasteiger partial charge in [0.25, 0.3) is 0 Å². The van der Waals surface area contributed by atoms with Crippen molar-refractivity contribution in [3.05, 3.63) is 40.2 Å². The lowest BCUT2D eigenvalue weighted by molar-refractivity contribution is -0.137. The molecule has 0 fully saturated rings. The van der Waals surface area contributed by atoms with E-state index in [-0.39, 0.29) is 35.5 Å². The molecule has 1 heterocycles. The largest absolute Gasteiger partial charge is 0.506 e. The SMILES string of the molecule is CC[C@H](NC(C)C)[C@H](OC[C@H](O)[C@@H](O)[C@H](O)[C@H](O)CO)c1ccc(O)c2[nH]c(=O)ccc12. The van der Waals surface area contributed by atoms with Crippen LogP contribution in [0.5, 0.6) is 5.75 Å². The van der Waals surface area contributed by atoms with Crippen LogP contribution in [0.1, 0.15) is 38.9 Å². The summed E-state index contributed by atoms with van der Waals surface area (Å²) in [6.45, 7) is 4.73. The van der Waals surface area contributed by atoms with Gasteiger partial charge in [0.2, 0.25) is 5.56 Å². The predicted molar refractivity (Wildman–Crippen MR) is 118 cm³/mol. The smallest absolute Gasteiger partial charge is 0.248 e. The normalized spacial score (nSPS) is 17.8. The minimum Gasteiger partial charge on any atom is -0.506 e. The molecule has 2 rings (SSSR count). The quantitative estimate of drug-likeness (QED) is 0.210. The number of phenolic OH excluding ortho intramolecular Hbond substituents is 1. The van der Waals surface area contributed by atoms with Crippen molar-refractivity contribution in [2.24, 2.45) is 0 Å². The van der Waals surface area contributed by atoms with Crippen LogP contribution in [0.3, 0.4) is 0 Å². The monoisotopic (exact) mass is 454 g/mol. The molecule has 0 unspecified atom stereocenters. The molecule has 180 valence electrons. The highest BCUT2D eigenvalue weighted by Crippen LogP contribution is 2.33. The van der Waals surface area contributed by atoms with Crippen molar-refractivity contribution in [3.63, 3.8) is 0 Å². The number of hydrogen-bond acceptors (Lipinski definition) is 9. The highest BCUT2D eigenvalue weighted by Gasteiger charge is 2.32. The summed E-state index contributed by atoms with van der Waals surface area (Å²) in [5.74, 6) is -0.0957. The summed E-state index contributed by atoms with van der Waals surface area (Å²) in [6, 6.07) is 5.90. The molecule has 0 amide bonds. The summed E-state index contributed by atoms with van der Waals surface area (Å²) < 4.78 is 6.01. The molecule has 2 aromatic rings. The van der Waals surface area contributed by atoms with E-state index >= 15 is 0 Å². The number of aromatic amines is 1. The molecule has 32 heavy (non-hydrogen) atoms. The molecular weight excluding hydrogens is 420 g/mol. The van der Waals surface area contributed by atoms with Gasteiger partial charge in [0.05, 0.1) is 24.8 Å². The standard InChI is InChI=1S/C22H34N2O8/c1-4-14(23-11(2)3)22(32-10-17(28)21(31)20(30)16(27)9-25)13-5-7-15(26)19-12(13)6-8-18(29)24-19/h5-8,11,14,16-17,20-23,25-28,30-31H,4,9-10H2,1-3H3,(H,24,29)/t14-,16+,17-,20+,21+,22+/m0/s1. The topological polar surface area (TPSA) is 176 Å². The molecule has 0 radical (unpaired) electrons. The van der Waals surface area contributed by atoms with Crippen molar-refractivity contribution in [1.29, 1.82) is 0 Å². The lowest BCUT2D eigenvalue weighted by Crippen LogP contribution is -2.48. The Kier molecular flexibility index (Phi) is 9.59. The fraction of sp³-hybridized carbons (Fsp3) is 0.591. The van der Waals surface area contributed by atoms with Crippen LogP contribution in [0.25, 0.3) is 10.9 Å². The van der Waals surface area contributed by atoms with Gasteiger partial charge in [-0.25, -0.2) is 0 Å². The van der Waals surface area contributed by atoms with E-state index in [9.17, 15) is 30.3 Å². The number of aromatic hydroxyl groups is 1. The zero-order valence-electron chi connectivity index (χ0n) is 18.5. The first kappa shape index (κ1) is 26.2. The summed E-state index contributed by atoms with van der Waals surface area (Å²) in [5, 5.41) is 62.9. The molecule has 10 nitrogen and oxygen atoms in total. The van der Waals surface area contributed by atoms with Crippen LogP contribution in [0.2, 0.25) is 0 Å². The number of ether oxygens (including phenoxy) is 1. The van der Waals surface area contributed by atoms with Crippen LogP contribution in [-0.2, 0) is 4.74 Å². The summed E-state index contributed by atoms with van der Waals surface area (Å²) >= 11 is 0. The van der Waals surface area contributed by atoms with Gasteiger partial charge in [-0.15, -0.1) is 0 Å². The van der Waals surface area contributed by atoms with Crippen molar-refractivity contribution in [2.75, 3.05) is 13.2 Å². The van der Waals surface area contributed by atoms with Crippen LogP contribution < -0.4 is 10.9 Å². The van der Waals surface area contributed by atoms with Crippen molar-refractivity contribution < 1.29 is 35.4 Å². The molecule has 0 spiro atoms. The second kappa shape index (κ2) is 11.7.